The number of Topliss-reactive ketones (excluding diaryl/α,β-unsaturated/α-hetero) is 1. The third-order valence-corrected chi connectivity index (χ3v) is 2.52. The molecule has 2 aromatic rings. The van der Waals surface area contributed by atoms with Gasteiger partial charge in [-0.05, 0) is 12.1 Å². The van der Waals surface area contributed by atoms with Crippen molar-refractivity contribution >= 4 is 5.78 Å². The first-order valence-corrected chi connectivity index (χ1v) is 5.65. The Labute approximate surface area is 106 Å². The molecule has 0 aromatic heterocycles. The molecule has 0 bridgehead atoms. The lowest BCUT2D eigenvalue weighted by atomic mass is 10.1. The van der Waals surface area contributed by atoms with E-state index >= 15 is 0 Å². The number of hydrogen-bond acceptors (Lipinski definition) is 3. The average Bonchev–Trinajstić information content (AvgIpc) is 2.46. The normalized spacial score (nSPS) is 9.83. The highest BCUT2D eigenvalue weighted by Gasteiger charge is 2.08. The Morgan fingerprint density at radius 1 is 0.944 bits per heavy atom. The zero-order valence-electron chi connectivity index (χ0n) is 10.1. The quantitative estimate of drug-likeness (QED) is 0.756. The van der Waals surface area contributed by atoms with E-state index in [0.717, 1.165) is 0 Å². The lowest BCUT2D eigenvalue weighted by molar-refractivity contribution is 0.0919. The summed E-state index contributed by atoms with van der Waals surface area (Å²) < 4.78 is 10.6. The summed E-state index contributed by atoms with van der Waals surface area (Å²) in [5.41, 5.74) is 0.646. The summed E-state index contributed by atoms with van der Waals surface area (Å²) in [4.78, 5) is 11.9. The van der Waals surface area contributed by atoms with E-state index in [1.807, 2.05) is 30.3 Å². The fourth-order valence-corrected chi connectivity index (χ4v) is 1.59. The SMILES string of the molecule is COc1ccccc1OCC(=O)c1ccccc1. The van der Waals surface area contributed by atoms with Gasteiger partial charge in [0, 0.05) is 5.56 Å². The predicted molar refractivity (Wildman–Crippen MR) is 69.3 cm³/mol. The Bertz CT molecular complexity index is 520. The minimum atomic E-state index is -0.0542. The van der Waals surface area contributed by atoms with Crippen LogP contribution in [0.15, 0.2) is 54.6 Å². The van der Waals surface area contributed by atoms with Crippen LogP contribution < -0.4 is 9.47 Å². The van der Waals surface area contributed by atoms with Gasteiger partial charge in [0.25, 0.3) is 0 Å². The van der Waals surface area contributed by atoms with E-state index in [0.29, 0.717) is 17.1 Å². The Hall–Kier alpha value is -2.29. The van der Waals surface area contributed by atoms with E-state index in [1.165, 1.54) is 0 Å². The second kappa shape index (κ2) is 5.87. The van der Waals surface area contributed by atoms with Crippen molar-refractivity contribution in [3.05, 3.63) is 60.2 Å². The molecule has 0 fully saturated rings. The fourth-order valence-electron chi connectivity index (χ4n) is 1.59. The molecule has 0 unspecified atom stereocenters. The molecule has 18 heavy (non-hydrogen) atoms. The van der Waals surface area contributed by atoms with E-state index < -0.39 is 0 Å². The Morgan fingerprint density at radius 2 is 1.56 bits per heavy atom. The first kappa shape index (κ1) is 12.2. The zero-order chi connectivity index (χ0) is 12.8. The average molecular weight is 242 g/mol. The van der Waals surface area contributed by atoms with Crippen molar-refractivity contribution in [1.29, 1.82) is 0 Å². The molecular formula is C15H14O3. The van der Waals surface area contributed by atoms with Crippen LogP contribution >= 0.6 is 0 Å². The van der Waals surface area contributed by atoms with Crippen molar-refractivity contribution in [3.8, 4) is 11.5 Å². The third kappa shape index (κ3) is 2.88. The van der Waals surface area contributed by atoms with Gasteiger partial charge in [0.1, 0.15) is 0 Å². The second-order valence-corrected chi connectivity index (χ2v) is 3.73. The molecule has 0 aliphatic carbocycles. The van der Waals surface area contributed by atoms with Crippen LogP contribution in [-0.4, -0.2) is 19.5 Å². The molecule has 0 N–H and O–H groups in total. The number of ketones is 1. The summed E-state index contributed by atoms with van der Waals surface area (Å²) in [6.07, 6.45) is 0. The number of benzene rings is 2. The standard InChI is InChI=1S/C15H14O3/c1-17-14-9-5-6-10-15(14)18-11-13(16)12-7-3-2-4-8-12/h2-10H,11H2,1H3. The van der Waals surface area contributed by atoms with Gasteiger partial charge in [-0.25, -0.2) is 0 Å². The van der Waals surface area contributed by atoms with Gasteiger partial charge in [-0.1, -0.05) is 42.5 Å². The smallest absolute Gasteiger partial charge is 0.200 e. The highest BCUT2D eigenvalue weighted by Crippen LogP contribution is 2.25. The molecule has 0 atom stereocenters. The van der Waals surface area contributed by atoms with Gasteiger partial charge in [0.05, 0.1) is 7.11 Å². The van der Waals surface area contributed by atoms with Gasteiger partial charge in [-0.3, -0.25) is 4.79 Å². The van der Waals surface area contributed by atoms with Gasteiger partial charge in [-0.2, -0.15) is 0 Å². The van der Waals surface area contributed by atoms with Crippen molar-refractivity contribution in [1.82, 2.24) is 0 Å². The highest BCUT2D eigenvalue weighted by molar-refractivity contribution is 5.97. The fraction of sp³-hybridized carbons (Fsp3) is 0.133. The summed E-state index contributed by atoms with van der Waals surface area (Å²) in [5, 5.41) is 0. The lowest BCUT2D eigenvalue weighted by Crippen LogP contribution is -2.11. The van der Waals surface area contributed by atoms with E-state index in [9.17, 15) is 4.79 Å². The first-order valence-electron chi connectivity index (χ1n) is 5.65. The van der Waals surface area contributed by atoms with Crippen LogP contribution in [0.4, 0.5) is 0 Å². The molecule has 0 radical (unpaired) electrons. The molecule has 0 amide bonds. The van der Waals surface area contributed by atoms with E-state index in [4.69, 9.17) is 9.47 Å². The zero-order valence-corrected chi connectivity index (χ0v) is 10.1. The molecule has 0 saturated carbocycles. The Balaban J connectivity index is 2.02. The predicted octanol–water partition coefficient (Wildman–Crippen LogP) is 2.96. The van der Waals surface area contributed by atoms with E-state index in [1.54, 1.807) is 31.4 Å². The first-order chi connectivity index (χ1) is 8.81. The molecule has 0 saturated heterocycles. The number of para-hydroxylation sites is 2. The van der Waals surface area contributed by atoms with Crippen molar-refractivity contribution in [2.75, 3.05) is 13.7 Å². The van der Waals surface area contributed by atoms with Gasteiger partial charge >= 0.3 is 0 Å². The van der Waals surface area contributed by atoms with Crippen LogP contribution in [0.2, 0.25) is 0 Å². The number of rotatable bonds is 5. The van der Waals surface area contributed by atoms with Crippen molar-refractivity contribution < 1.29 is 14.3 Å². The van der Waals surface area contributed by atoms with Crippen molar-refractivity contribution in [2.24, 2.45) is 0 Å². The molecule has 3 nitrogen and oxygen atoms in total. The van der Waals surface area contributed by atoms with Crippen molar-refractivity contribution in [2.45, 2.75) is 0 Å². The molecule has 2 aromatic carbocycles. The Kier molecular flexibility index (Phi) is 3.97. The second-order valence-electron chi connectivity index (χ2n) is 3.73. The number of carbonyl (C=O) groups is 1. The molecule has 0 aliphatic rings. The summed E-state index contributed by atoms with van der Waals surface area (Å²) in [5.74, 6) is 1.14. The van der Waals surface area contributed by atoms with Gasteiger partial charge < -0.3 is 9.47 Å². The molecular weight excluding hydrogens is 228 g/mol. The van der Waals surface area contributed by atoms with Gasteiger partial charge in [-0.15, -0.1) is 0 Å². The maximum Gasteiger partial charge on any atom is 0.200 e. The van der Waals surface area contributed by atoms with Crippen LogP contribution in [0.25, 0.3) is 0 Å². The molecule has 0 spiro atoms. The maximum atomic E-state index is 11.9. The summed E-state index contributed by atoms with van der Waals surface area (Å²) >= 11 is 0. The number of ether oxygens (including phenoxy) is 2. The van der Waals surface area contributed by atoms with Crippen LogP contribution in [0.3, 0.4) is 0 Å². The minimum Gasteiger partial charge on any atom is -0.493 e. The summed E-state index contributed by atoms with van der Waals surface area (Å²) in [7, 11) is 1.57. The molecule has 92 valence electrons. The number of carbonyl (C=O) groups excluding carboxylic acids is 1. The molecule has 2 rings (SSSR count). The number of hydrogen-bond donors (Lipinski definition) is 0. The van der Waals surface area contributed by atoms with E-state index in [2.05, 4.69) is 0 Å². The van der Waals surface area contributed by atoms with Gasteiger partial charge in [0.2, 0.25) is 0 Å². The number of methoxy groups -OCH3 is 1. The molecule has 3 heteroatoms. The van der Waals surface area contributed by atoms with Crippen LogP contribution in [0.1, 0.15) is 10.4 Å². The monoisotopic (exact) mass is 242 g/mol. The van der Waals surface area contributed by atoms with E-state index in [-0.39, 0.29) is 12.4 Å². The Morgan fingerprint density at radius 3 is 2.22 bits per heavy atom. The van der Waals surface area contributed by atoms with Crippen LogP contribution in [0, 0.1) is 0 Å². The molecule has 0 aliphatic heterocycles. The largest absolute Gasteiger partial charge is 0.493 e. The summed E-state index contributed by atoms with van der Waals surface area (Å²) in [6.45, 7) is 0.00435. The van der Waals surface area contributed by atoms with Crippen LogP contribution in [0.5, 0.6) is 11.5 Å². The topological polar surface area (TPSA) is 35.5 Å². The highest BCUT2D eigenvalue weighted by atomic mass is 16.5. The molecule has 0 heterocycles. The van der Waals surface area contributed by atoms with Crippen molar-refractivity contribution in [3.63, 3.8) is 0 Å². The minimum absolute atomic E-state index is 0.00435. The van der Waals surface area contributed by atoms with Crippen LogP contribution in [-0.2, 0) is 0 Å². The van der Waals surface area contributed by atoms with Gasteiger partial charge in [0.15, 0.2) is 23.9 Å². The summed E-state index contributed by atoms with van der Waals surface area (Å²) in [6, 6.07) is 16.3. The maximum absolute atomic E-state index is 11.9. The lowest BCUT2D eigenvalue weighted by Gasteiger charge is -2.09. The third-order valence-electron chi connectivity index (χ3n) is 2.52.